The van der Waals surface area contributed by atoms with E-state index in [0.29, 0.717) is 48.8 Å². The average molecular weight is 630 g/mol. The third kappa shape index (κ3) is 8.43. The number of nitrogens with zero attached hydrogens (tertiary/aromatic N) is 3. The molecule has 0 radical (unpaired) electrons. The van der Waals surface area contributed by atoms with Crippen molar-refractivity contribution in [3.05, 3.63) is 65.6 Å². The van der Waals surface area contributed by atoms with Crippen LogP contribution in [0.3, 0.4) is 0 Å². The summed E-state index contributed by atoms with van der Waals surface area (Å²) < 4.78 is 22.4. The number of aromatic nitrogens is 2. The maximum Gasteiger partial charge on any atom is 0.410 e. The topological polar surface area (TPSA) is 104 Å². The Bertz CT molecular complexity index is 1530. The molecule has 0 spiro atoms. The van der Waals surface area contributed by atoms with Crippen LogP contribution in [0.4, 0.5) is 4.79 Å². The average Bonchev–Trinajstić information content (AvgIpc) is 3.54. The highest BCUT2D eigenvalue weighted by Gasteiger charge is 2.28. The molecule has 0 unspecified atom stereocenters. The number of amides is 1. The van der Waals surface area contributed by atoms with Crippen molar-refractivity contribution < 1.29 is 28.3 Å². The van der Waals surface area contributed by atoms with Crippen LogP contribution in [-0.4, -0.2) is 65.6 Å². The summed E-state index contributed by atoms with van der Waals surface area (Å²) in [6.07, 6.45) is 7.69. The lowest BCUT2D eigenvalue weighted by atomic mass is 9.87. The summed E-state index contributed by atoms with van der Waals surface area (Å²) in [5, 5.41) is 4.29. The van der Waals surface area contributed by atoms with E-state index in [1.165, 1.54) is 7.11 Å². The van der Waals surface area contributed by atoms with Crippen LogP contribution in [0.5, 0.6) is 0 Å². The van der Waals surface area contributed by atoms with Gasteiger partial charge in [0.1, 0.15) is 5.60 Å². The number of ether oxygens (including phenoxy) is 3. The van der Waals surface area contributed by atoms with Gasteiger partial charge in [-0.25, -0.2) is 9.59 Å². The van der Waals surface area contributed by atoms with Crippen LogP contribution in [0.25, 0.3) is 28.1 Å². The fraction of sp³-hybridized carbons (Fsp3) is 0.514. The molecule has 9 heteroatoms. The standard InChI is InChI=1S/C37H47N3O6/c1-24(2)19-22-44-30-14-11-28(12-15-30)34-38-33(39-46-34)27-9-7-25(8-10-27)29-13-16-31(35(41)43-6)32(23-29)26-17-20-40(21-18-26)36(42)45-37(3,4)5/h7-10,13,16-17,23-24,28,30H,11-12,14-15,18-22H2,1-6H3. The third-order valence-electron chi connectivity index (χ3n) is 8.62. The highest BCUT2D eigenvalue weighted by Crippen LogP contribution is 2.35. The van der Waals surface area contributed by atoms with Gasteiger partial charge in [0.15, 0.2) is 0 Å². The van der Waals surface area contributed by atoms with Crippen molar-refractivity contribution in [2.75, 3.05) is 26.8 Å². The monoisotopic (exact) mass is 629 g/mol. The molecule has 3 aromatic rings. The van der Waals surface area contributed by atoms with Gasteiger partial charge in [-0.2, -0.15) is 4.98 Å². The van der Waals surface area contributed by atoms with Crippen LogP contribution in [0.2, 0.25) is 0 Å². The Morgan fingerprint density at radius 2 is 1.70 bits per heavy atom. The Labute approximate surface area is 272 Å². The van der Waals surface area contributed by atoms with Gasteiger partial charge >= 0.3 is 12.1 Å². The summed E-state index contributed by atoms with van der Waals surface area (Å²) in [6, 6.07) is 13.8. The molecule has 0 saturated heterocycles. The molecule has 2 aliphatic rings. The Morgan fingerprint density at radius 3 is 2.33 bits per heavy atom. The number of hydrogen-bond donors (Lipinski definition) is 0. The number of esters is 1. The first-order valence-corrected chi connectivity index (χ1v) is 16.5. The third-order valence-corrected chi connectivity index (χ3v) is 8.62. The molecule has 2 aromatic carbocycles. The molecule has 1 aliphatic carbocycles. The lowest BCUT2D eigenvalue weighted by Crippen LogP contribution is -2.39. The smallest absolute Gasteiger partial charge is 0.410 e. The highest BCUT2D eigenvalue weighted by atomic mass is 16.6. The van der Waals surface area contributed by atoms with Gasteiger partial charge in [0.25, 0.3) is 0 Å². The van der Waals surface area contributed by atoms with Crippen LogP contribution >= 0.6 is 0 Å². The maximum atomic E-state index is 12.7. The van der Waals surface area contributed by atoms with E-state index in [0.717, 1.165) is 66.5 Å². The molecule has 0 atom stereocenters. The van der Waals surface area contributed by atoms with Crippen LogP contribution in [0, 0.1) is 5.92 Å². The molecule has 1 fully saturated rings. The zero-order valence-corrected chi connectivity index (χ0v) is 28.0. The summed E-state index contributed by atoms with van der Waals surface area (Å²) in [5.41, 5.74) is 4.58. The molecule has 1 amide bonds. The minimum atomic E-state index is -0.559. The molecule has 9 nitrogen and oxygen atoms in total. The van der Waals surface area contributed by atoms with Crippen LogP contribution in [0.1, 0.15) is 101 Å². The predicted molar refractivity (Wildman–Crippen MR) is 177 cm³/mol. The lowest BCUT2D eigenvalue weighted by Gasteiger charge is -2.30. The fourth-order valence-electron chi connectivity index (χ4n) is 5.96. The highest BCUT2D eigenvalue weighted by molar-refractivity contribution is 5.97. The van der Waals surface area contributed by atoms with Gasteiger partial charge < -0.3 is 23.6 Å². The van der Waals surface area contributed by atoms with E-state index in [1.807, 2.05) is 63.2 Å². The van der Waals surface area contributed by atoms with Gasteiger partial charge in [-0.15, -0.1) is 0 Å². The number of rotatable bonds is 9. The minimum Gasteiger partial charge on any atom is -0.465 e. The normalized spacial score (nSPS) is 18.8. The second-order valence-corrected chi connectivity index (χ2v) is 13.7. The molecule has 0 bridgehead atoms. The summed E-state index contributed by atoms with van der Waals surface area (Å²) in [5.74, 6) is 1.82. The largest absolute Gasteiger partial charge is 0.465 e. The molecule has 1 aliphatic heterocycles. The first kappa shape index (κ1) is 33.4. The Hall–Kier alpha value is -3.98. The van der Waals surface area contributed by atoms with Gasteiger partial charge in [0.2, 0.25) is 11.7 Å². The molecule has 1 saturated carbocycles. The zero-order chi connectivity index (χ0) is 32.8. The van der Waals surface area contributed by atoms with E-state index in [4.69, 9.17) is 23.7 Å². The van der Waals surface area contributed by atoms with Gasteiger partial charge in [-0.1, -0.05) is 55.4 Å². The van der Waals surface area contributed by atoms with E-state index in [-0.39, 0.29) is 12.0 Å². The number of carbonyl (C=O) groups excluding carboxylic acids is 2. The van der Waals surface area contributed by atoms with E-state index in [2.05, 4.69) is 19.0 Å². The van der Waals surface area contributed by atoms with Crippen molar-refractivity contribution in [1.82, 2.24) is 15.0 Å². The molecule has 0 N–H and O–H groups in total. The van der Waals surface area contributed by atoms with Crippen LogP contribution in [0.15, 0.2) is 53.1 Å². The van der Waals surface area contributed by atoms with Crippen LogP contribution in [-0.2, 0) is 14.2 Å². The number of benzene rings is 2. The quantitative estimate of drug-likeness (QED) is 0.218. The van der Waals surface area contributed by atoms with Crippen molar-refractivity contribution in [2.45, 2.75) is 90.8 Å². The number of hydrogen-bond acceptors (Lipinski definition) is 8. The van der Waals surface area contributed by atoms with Crippen molar-refractivity contribution in [1.29, 1.82) is 0 Å². The first-order chi connectivity index (χ1) is 22.0. The molecular formula is C37H47N3O6. The molecule has 46 heavy (non-hydrogen) atoms. The van der Waals surface area contributed by atoms with E-state index in [1.54, 1.807) is 11.0 Å². The molecule has 5 rings (SSSR count). The Balaban J connectivity index is 1.27. The van der Waals surface area contributed by atoms with Crippen molar-refractivity contribution in [2.24, 2.45) is 5.92 Å². The maximum absolute atomic E-state index is 12.7. The molecule has 1 aromatic heterocycles. The molecule has 246 valence electrons. The van der Waals surface area contributed by atoms with E-state index >= 15 is 0 Å². The van der Waals surface area contributed by atoms with Gasteiger partial charge in [-0.05, 0) is 99.6 Å². The van der Waals surface area contributed by atoms with E-state index < -0.39 is 11.6 Å². The second kappa shape index (κ2) is 14.6. The van der Waals surface area contributed by atoms with Crippen molar-refractivity contribution in [3.63, 3.8) is 0 Å². The van der Waals surface area contributed by atoms with Crippen molar-refractivity contribution >= 4 is 17.6 Å². The number of carbonyl (C=O) groups is 2. The van der Waals surface area contributed by atoms with E-state index in [9.17, 15) is 9.59 Å². The van der Waals surface area contributed by atoms with Crippen LogP contribution < -0.4 is 0 Å². The zero-order valence-electron chi connectivity index (χ0n) is 28.0. The lowest BCUT2D eigenvalue weighted by molar-refractivity contribution is 0.0174. The predicted octanol–water partition coefficient (Wildman–Crippen LogP) is 8.30. The summed E-state index contributed by atoms with van der Waals surface area (Å²) in [4.78, 5) is 31.7. The summed E-state index contributed by atoms with van der Waals surface area (Å²) >= 11 is 0. The van der Waals surface area contributed by atoms with Gasteiger partial charge in [0.05, 0.1) is 18.8 Å². The van der Waals surface area contributed by atoms with Gasteiger partial charge in [-0.3, -0.25) is 0 Å². The fourth-order valence-corrected chi connectivity index (χ4v) is 5.96. The molecule has 2 heterocycles. The Morgan fingerprint density at radius 1 is 1.00 bits per heavy atom. The summed E-state index contributed by atoms with van der Waals surface area (Å²) in [6.45, 7) is 11.7. The van der Waals surface area contributed by atoms with Gasteiger partial charge in [0, 0.05) is 31.2 Å². The first-order valence-electron chi connectivity index (χ1n) is 16.5. The number of methoxy groups -OCH3 is 1. The summed E-state index contributed by atoms with van der Waals surface area (Å²) in [7, 11) is 1.38. The van der Waals surface area contributed by atoms with Crippen molar-refractivity contribution in [3.8, 4) is 22.5 Å². The SMILES string of the molecule is COC(=O)c1ccc(-c2ccc(-c3noc(C4CCC(OCCC(C)C)CC4)n3)cc2)cc1C1=CCN(C(=O)OC(C)(C)C)CC1. The minimum absolute atomic E-state index is 0.266. The second-order valence-electron chi connectivity index (χ2n) is 13.7. The Kier molecular flexibility index (Phi) is 10.6. The molecular weight excluding hydrogens is 582 g/mol.